The molecule has 0 spiro atoms. The second-order valence-corrected chi connectivity index (χ2v) is 10.6. The normalized spacial score (nSPS) is 11.6. The Bertz CT molecular complexity index is 1360. The van der Waals surface area contributed by atoms with Crippen molar-refractivity contribution in [2.45, 2.75) is 18.7 Å². The SMILES string of the molecule is CCOc1ccccc1N(CC(=O)N/N=C(/C)c1ccc(OC)c(Br)c1)S(=O)(=O)c1ccc(Cl)cc1. The number of halogens is 2. The van der Waals surface area contributed by atoms with E-state index in [1.165, 1.54) is 24.3 Å². The van der Waals surface area contributed by atoms with E-state index in [9.17, 15) is 13.2 Å². The molecular weight excluding hydrogens is 570 g/mol. The van der Waals surface area contributed by atoms with Crippen molar-refractivity contribution >= 4 is 54.9 Å². The summed E-state index contributed by atoms with van der Waals surface area (Å²) in [6.45, 7) is 3.30. The van der Waals surface area contributed by atoms with Gasteiger partial charge in [0, 0.05) is 5.02 Å². The van der Waals surface area contributed by atoms with Gasteiger partial charge in [0.15, 0.2) is 0 Å². The quantitative estimate of drug-likeness (QED) is 0.256. The van der Waals surface area contributed by atoms with Crippen molar-refractivity contribution in [1.82, 2.24) is 5.43 Å². The number of rotatable bonds is 10. The number of para-hydroxylation sites is 2. The van der Waals surface area contributed by atoms with Crippen LogP contribution in [0.5, 0.6) is 11.5 Å². The minimum absolute atomic E-state index is 0.0197. The maximum Gasteiger partial charge on any atom is 0.264 e. The van der Waals surface area contributed by atoms with Gasteiger partial charge in [0.1, 0.15) is 18.0 Å². The topological polar surface area (TPSA) is 97.3 Å². The van der Waals surface area contributed by atoms with Gasteiger partial charge in [0.05, 0.1) is 34.5 Å². The lowest BCUT2D eigenvalue weighted by molar-refractivity contribution is -0.119. The van der Waals surface area contributed by atoms with Crippen LogP contribution < -0.4 is 19.2 Å². The van der Waals surface area contributed by atoms with Gasteiger partial charge in [-0.25, -0.2) is 13.8 Å². The summed E-state index contributed by atoms with van der Waals surface area (Å²) < 4.78 is 39.8. The predicted octanol–water partition coefficient (Wildman–Crippen LogP) is 5.25. The Labute approximate surface area is 224 Å². The zero-order chi connectivity index (χ0) is 26.3. The zero-order valence-electron chi connectivity index (χ0n) is 19.9. The molecule has 3 aromatic rings. The summed E-state index contributed by atoms with van der Waals surface area (Å²) in [4.78, 5) is 12.9. The summed E-state index contributed by atoms with van der Waals surface area (Å²) in [7, 11) is -2.58. The second-order valence-electron chi connectivity index (χ2n) is 7.45. The summed E-state index contributed by atoms with van der Waals surface area (Å²) >= 11 is 9.36. The van der Waals surface area contributed by atoms with Gasteiger partial charge in [-0.15, -0.1) is 0 Å². The molecule has 0 aromatic heterocycles. The van der Waals surface area contributed by atoms with Crippen LogP contribution in [0.25, 0.3) is 0 Å². The van der Waals surface area contributed by atoms with Crippen LogP contribution >= 0.6 is 27.5 Å². The van der Waals surface area contributed by atoms with E-state index >= 15 is 0 Å². The largest absolute Gasteiger partial charge is 0.496 e. The minimum Gasteiger partial charge on any atom is -0.496 e. The van der Waals surface area contributed by atoms with Crippen molar-refractivity contribution in [3.63, 3.8) is 0 Å². The van der Waals surface area contributed by atoms with Crippen LogP contribution in [0, 0.1) is 0 Å². The van der Waals surface area contributed by atoms with Gasteiger partial charge in [-0.1, -0.05) is 23.7 Å². The molecule has 1 N–H and O–H groups in total. The number of hydrogen-bond acceptors (Lipinski definition) is 6. The molecule has 11 heteroatoms. The van der Waals surface area contributed by atoms with Crippen LogP contribution in [-0.2, 0) is 14.8 Å². The Kier molecular flexibility index (Phi) is 9.36. The molecule has 0 aliphatic rings. The molecule has 3 rings (SSSR count). The lowest BCUT2D eigenvalue weighted by Crippen LogP contribution is -2.40. The fourth-order valence-corrected chi connectivity index (χ4v) is 5.34. The Morgan fingerprint density at radius 2 is 1.78 bits per heavy atom. The number of carbonyl (C=O) groups excluding carboxylic acids is 1. The molecule has 1 amide bonds. The van der Waals surface area contributed by atoms with Gasteiger partial charge in [-0.05, 0) is 89.9 Å². The van der Waals surface area contributed by atoms with Gasteiger partial charge < -0.3 is 9.47 Å². The van der Waals surface area contributed by atoms with E-state index in [4.69, 9.17) is 21.1 Å². The van der Waals surface area contributed by atoms with E-state index in [2.05, 4.69) is 26.5 Å². The number of amides is 1. The highest BCUT2D eigenvalue weighted by Crippen LogP contribution is 2.32. The van der Waals surface area contributed by atoms with Crippen molar-refractivity contribution < 1.29 is 22.7 Å². The minimum atomic E-state index is -4.15. The van der Waals surface area contributed by atoms with Crippen LogP contribution in [0.1, 0.15) is 19.4 Å². The van der Waals surface area contributed by atoms with E-state index in [1.54, 1.807) is 63.4 Å². The summed E-state index contributed by atoms with van der Waals surface area (Å²) in [5.74, 6) is 0.352. The molecule has 0 saturated carbocycles. The molecule has 0 bridgehead atoms. The zero-order valence-corrected chi connectivity index (χ0v) is 23.0. The smallest absolute Gasteiger partial charge is 0.264 e. The highest BCUT2D eigenvalue weighted by atomic mass is 79.9. The molecule has 0 aliphatic carbocycles. The molecule has 3 aromatic carbocycles. The summed E-state index contributed by atoms with van der Waals surface area (Å²) in [6.07, 6.45) is 0. The molecule has 0 atom stereocenters. The molecule has 0 unspecified atom stereocenters. The maximum atomic E-state index is 13.6. The van der Waals surface area contributed by atoms with E-state index in [0.29, 0.717) is 28.8 Å². The third kappa shape index (κ3) is 6.57. The fourth-order valence-electron chi connectivity index (χ4n) is 3.24. The second kappa shape index (κ2) is 12.2. The first kappa shape index (κ1) is 27.5. The molecule has 0 fully saturated rings. The number of nitrogens with zero attached hydrogens (tertiary/aromatic N) is 2. The molecule has 0 saturated heterocycles. The Hall–Kier alpha value is -3.08. The van der Waals surface area contributed by atoms with Crippen molar-refractivity contribution in [2.75, 3.05) is 24.6 Å². The van der Waals surface area contributed by atoms with Gasteiger partial charge >= 0.3 is 0 Å². The molecule has 36 heavy (non-hydrogen) atoms. The molecule has 190 valence electrons. The van der Waals surface area contributed by atoms with E-state index in [0.717, 1.165) is 14.3 Å². The van der Waals surface area contributed by atoms with Gasteiger partial charge in [-0.3, -0.25) is 9.10 Å². The first-order valence-electron chi connectivity index (χ1n) is 10.8. The third-order valence-corrected chi connectivity index (χ3v) is 7.69. The monoisotopic (exact) mass is 593 g/mol. The van der Waals surface area contributed by atoms with Crippen LogP contribution in [0.15, 0.2) is 81.2 Å². The predicted molar refractivity (Wildman–Crippen MR) is 145 cm³/mol. The van der Waals surface area contributed by atoms with Crippen molar-refractivity contribution in [3.8, 4) is 11.5 Å². The summed E-state index contributed by atoms with van der Waals surface area (Å²) in [5.41, 5.74) is 3.94. The van der Waals surface area contributed by atoms with Crippen LogP contribution in [0.2, 0.25) is 5.02 Å². The number of sulfonamides is 1. The van der Waals surface area contributed by atoms with Crippen molar-refractivity contribution in [3.05, 3.63) is 81.8 Å². The van der Waals surface area contributed by atoms with Gasteiger partial charge in [0.25, 0.3) is 15.9 Å². The third-order valence-electron chi connectivity index (χ3n) is 5.04. The summed E-state index contributed by atoms with van der Waals surface area (Å²) in [6, 6.07) is 17.7. The molecular formula is C25H25BrClN3O5S. The lowest BCUT2D eigenvalue weighted by Gasteiger charge is -2.25. The Morgan fingerprint density at radius 3 is 2.42 bits per heavy atom. The number of ether oxygens (including phenoxy) is 2. The first-order chi connectivity index (χ1) is 17.2. The van der Waals surface area contributed by atoms with Crippen molar-refractivity contribution in [2.24, 2.45) is 5.10 Å². The summed E-state index contributed by atoms with van der Waals surface area (Å²) in [5, 5.41) is 4.54. The lowest BCUT2D eigenvalue weighted by atomic mass is 10.1. The highest BCUT2D eigenvalue weighted by Gasteiger charge is 2.29. The number of carbonyl (C=O) groups is 1. The van der Waals surface area contributed by atoms with Gasteiger partial charge in [-0.2, -0.15) is 5.10 Å². The van der Waals surface area contributed by atoms with E-state index < -0.39 is 22.5 Å². The average Bonchev–Trinajstić information content (AvgIpc) is 2.86. The number of benzene rings is 3. The number of anilines is 1. The van der Waals surface area contributed by atoms with Crippen molar-refractivity contribution in [1.29, 1.82) is 0 Å². The average molecular weight is 595 g/mol. The molecule has 0 heterocycles. The number of nitrogens with one attached hydrogen (secondary N) is 1. The number of hydrazone groups is 1. The van der Waals surface area contributed by atoms with E-state index in [1.807, 2.05) is 0 Å². The number of hydrogen-bond donors (Lipinski definition) is 1. The van der Waals surface area contributed by atoms with Crippen LogP contribution in [0.4, 0.5) is 5.69 Å². The fraction of sp³-hybridized carbons (Fsp3) is 0.200. The van der Waals surface area contributed by atoms with Crippen LogP contribution in [0.3, 0.4) is 0 Å². The molecule has 0 aliphatic heterocycles. The molecule has 8 nitrogen and oxygen atoms in total. The van der Waals surface area contributed by atoms with E-state index in [-0.39, 0.29) is 10.6 Å². The first-order valence-corrected chi connectivity index (χ1v) is 13.5. The van der Waals surface area contributed by atoms with Gasteiger partial charge in [0.2, 0.25) is 0 Å². The number of methoxy groups -OCH3 is 1. The Balaban J connectivity index is 1.91. The Morgan fingerprint density at radius 1 is 1.08 bits per heavy atom. The van der Waals surface area contributed by atoms with Crippen LogP contribution in [-0.4, -0.2) is 40.3 Å². The maximum absolute atomic E-state index is 13.6. The molecule has 0 radical (unpaired) electrons. The standard InChI is InChI=1S/C25H25BrClN3O5S/c1-4-35-24-8-6-5-7-22(24)30(36(32,33)20-12-10-19(27)11-13-20)16-25(31)29-28-17(2)18-9-14-23(34-3)21(26)15-18/h5-15H,4,16H2,1-3H3,(H,29,31)/b28-17-. The highest BCUT2D eigenvalue weighted by molar-refractivity contribution is 9.10.